The van der Waals surface area contributed by atoms with Crippen LogP contribution in [0.3, 0.4) is 0 Å². The SMILES string of the molecule is CCC(NOCC(N)=O)c1ccc(OC)c(OC)c1. The van der Waals surface area contributed by atoms with Gasteiger partial charge in [0.25, 0.3) is 0 Å². The third-order valence-corrected chi connectivity index (χ3v) is 2.66. The molecule has 0 aliphatic heterocycles. The van der Waals surface area contributed by atoms with E-state index in [0.717, 1.165) is 12.0 Å². The van der Waals surface area contributed by atoms with E-state index in [1.807, 2.05) is 25.1 Å². The fourth-order valence-electron chi connectivity index (χ4n) is 1.67. The molecule has 0 heterocycles. The highest BCUT2D eigenvalue weighted by molar-refractivity contribution is 5.74. The first-order valence-corrected chi connectivity index (χ1v) is 5.99. The van der Waals surface area contributed by atoms with E-state index in [0.29, 0.717) is 11.5 Å². The van der Waals surface area contributed by atoms with Crippen LogP contribution in [0.25, 0.3) is 0 Å². The molecule has 0 aromatic heterocycles. The number of carbonyl (C=O) groups is 1. The fraction of sp³-hybridized carbons (Fsp3) is 0.462. The Morgan fingerprint density at radius 1 is 1.32 bits per heavy atom. The van der Waals surface area contributed by atoms with Gasteiger partial charge in [0.15, 0.2) is 11.5 Å². The fourth-order valence-corrected chi connectivity index (χ4v) is 1.67. The number of methoxy groups -OCH3 is 2. The van der Waals surface area contributed by atoms with E-state index in [1.54, 1.807) is 14.2 Å². The molecule has 1 rings (SSSR count). The second kappa shape index (κ2) is 7.60. The van der Waals surface area contributed by atoms with Gasteiger partial charge in [-0.05, 0) is 24.1 Å². The lowest BCUT2D eigenvalue weighted by atomic mass is 10.0. The Morgan fingerprint density at radius 2 is 2.00 bits per heavy atom. The van der Waals surface area contributed by atoms with E-state index < -0.39 is 5.91 Å². The van der Waals surface area contributed by atoms with Gasteiger partial charge in [-0.25, -0.2) is 0 Å². The van der Waals surface area contributed by atoms with Crippen LogP contribution in [0.4, 0.5) is 0 Å². The van der Waals surface area contributed by atoms with E-state index in [2.05, 4.69) is 5.48 Å². The number of hydroxylamine groups is 1. The summed E-state index contributed by atoms with van der Waals surface area (Å²) in [6, 6.07) is 5.55. The molecule has 1 amide bonds. The molecule has 1 aromatic carbocycles. The maximum Gasteiger partial charge on any atom is 0.245 e. The van der Waals surface area contributed by atoms with Crippen molar-refractivity contribution in [2.45, 2.75) is 19.4 Å². The highest BCUT2D eigenvalue weighted by Crippen LogP contribution is 2.30. The average Bonchev–Trinajstić information content (AvgIpc) is 2.42. The zero-order valence-corrected chi connectivity index (χ0v) is 11.4. The first-order chi connectivity index (χ1) is 9.12. The van der Waals surface area contributed by atoms with E-state index in [9.17, 15) is 4.79 Å². The molecule has 19 heavy (non-hydrogen) atoms. The number of hydrogen-bond acceptors (Lipinski definition) is 5. The summed E-state index contributed by atoms with van der Waals surface area (Å²) < 4.78 is 10.4. The van der Waals surface area contributed by atoms with Gasteiger partial charge in [-0.3, -0.25) is 9.63 Å². The van der Waals surface area contributed by atoms with Crippen molar-refractivity contribution < 1.29 is 19.1 Å². The van der Waals surface area contributed by atoms with Crippen LogP contribution in [0.1, 0.15) is 24.9 Å². The number of nitrogens with two attached hydrogens (primary N) is 1. The second-order valence-corrected chi connectivity index (χ2v) is 3.95. The number of benzene rings is 1. The Hall–Kier alpha value is -1.79. The van der Waals surface area contributed by atoms with Crippen molar-refractivity contribution in [3.8, 4) is 11.5 Å². The number of carbonyl (C=O) groups excluding carboxylic acids is 1. The lowest BCUT2D eigenvalue weighted by Crippen LogP contribution is -2.27. The number of rotatable bonds is 8. The van der Waals surface area contributed by atoms with Crippen LogP contribution in [0, 0.1) is 0 Å². The van der Waals surface area contributed by atoms with Crippen LogP contribution < -0.4 is 20.7 Å². The van der Waals surface area contributed by atoms with Crippen molar-refractivity contribution in [2.24, 2.45) is 5.73 Å². The quantitative estimate of drug-likeness (QED) is 0.691. The lowest BCUT2D eigenvalue weighted by molar-refractivity contribution is -0.126. The molecule has 0 radical (unpaired) electrons. The number of hydrogen-bond donors (Lipinski definition) is 2. The molecule has 0 bridgehead atoms. The zero-order chi connectivity index (χ0) is 14.3. The molecule has 6 nitrogen and oxygen atoms in total. The first kappa shape index (κ1) is 15.3. The minimum atomic E-state index is -0.519. The van der Waals surface area contributed by atoms with Crippen molar-refractivity contribution in [1.29, 1.82) is 0 Å². The molecule has 6 heteroatoms. The Balaban J connectivity index is 2.77. The largest absolute Gasteiger partial charge is 0.493 e. The Labute approximate surface area is 112 Å². The number of amides is 1. The van der Waals surface area contributed by atoms with E-state index in [4.69, 9.17) is 20.0 Å². The van der Waals surface area contributed by atoms with Crippen molar-refractivity contribution in [3.63, 3.8) is 0 Å². The molecule has 3 N–H and O–H groups in total. The van der Waals surface area contributed by atoms with Crippen molar-refractivity contribution in [3.05, 3.63) is 23.8 Å². The van der Waals surface area contributed by atoms with Crippen LogP contribution >= 0.6 is 0 Å². The second-order valence-electron chi connectivity index (χ2n) is 3.95. The summed E-state index contributed by atoms with van der Waals surface area (Å²) >= 11 is 0. The number of primary amides is 1. The topological polar surface area (TPSA) is 82.8 Å². The molecule has 0 spiro atoms. The summed E-state index contributed by atoms with van der Waals surface area (Å²) in [4.78, 5) is 15.6. The maximum absolute atomic E-state index is 10.6. The van der Waals surface area contributed by atoms with Gasteiger partial charge in [-0.1, -0.05) is 13.0 Å². The molecule has 1 unspecified atom stereocenters. The van der Waals surface area contributed by atoms with Gasteiger partial charge in [0.2, 0.25) is 5.91 Å². The minimum absolute atomic E-state index is 0.0563. The van der Waals surface area contributed by atoms with Crippen LogP contribution in [-0.2, 0) is 9.63 Å². The van der Waals surface area contributed by atoms with Crippen LogP contribution in [0.2, 0.25) is 0 Å². The van der Waals surface area contributed by atoms with Crippen LogP contribution in [0.15, 0.2) is 18.2 Å². The van der Waals surface area contributed by atoms with Gasteiger partial charge >= 0.3 is 0 Å². The summed E-state index contributed by atoms with van der Waals surface area (Å²) in [7, 11) is 3.17. The van der Waals surface area contributed by atoms with Gasteiger partial charge in [-0.15, -0.1) is 0 Å². The monoisotopic (exact) mass is 268 g/mol. The molecular formula is C13H20N2O4. The Morgan fingerprint density at radius 3 is 2.53 bits per heavy atom. The minimum Gasteiger partial charge on any atom is -0.493 e. The Bertz CT molecular complexity index is 423. The van der Waals surface area contributed by atoms with Gasteiger partial charge in [0, 0.05) is 0 Å². The highest BCUT2D eigenvalue weighted by Gasteiger charge is 2.13. The van der Waals surface area contributed by atoms with Crippen LogP contribution in [0.5, 0.6) is 11.5 Å². The van der Waals surface area contributed by atoms with Gasteiger partial charge in [0.05, 0.1) is 20.3 Å². The van der Waals surface area contributed by atoms with Gasteiger partial charge in [0.1, 0.15) is 6.61 Å². The predicted molar refractivity (Wildman–Crippen MR) is 70.9 cm³/mol. The lowest BCUT2D eigenvalue weighted by Gasteiger charge is -2.18. The number of nitrogens with one attached hydrogen (secondary N) is 1. The van der Waals surface area contributed by atoms with Gasteiger partial charge < -0.3 is 15.2 Å². The zero-order valence-electron chi connectivity index (χ0n) is 11.4. The van der Waals surface area contributed by atoms with Crippen molar-refractivity contribution in [1.82, 2.24) is 5.48 Å². The van der Waals surface area contributed by atoms with Crippen molar-refractivity contribution >= 4 is 5.91 Å². The smallest absolute Gasteiger partial charge is 0.245 e. The van der Waals surface area contributed by atoms with Crippen LogP contribution in [-0.4, -0.2) is 26.7 Å². The van der Waals surface area contributed by atoms with E-state index in [1.165, 1.54) is 0 Å². The molecule has 0 saturated heterocycles. The summed E-state index contributed by atoms with van der Waals surface area (Å²) in [5.74, 6) is 0.795. The third-order valence-electron chi connectivity index (χ3n) is 2.66. The molecule has 1 atom stereocenters. The molecule has 0 saturated carbocycles. The first-order valence-electron chi connectivity index (χ1n) is 5.99. The standard InChI is InChI=1S/C13H20N2O4/c1-4-10(15-19-8-13(14)16)9-5-6-11(17-2)12(7-9)18-3/h5-7,10,15H,4,8H2,1-3H3,(H2,14,16). The molecule has 0 aliphatic rings. The summed E-state index contributed by atoms with van der Waals surface area (Å²) in [6.07, 6.45) is 0.786. The molecular weight excluding hydrogens is 248 g/mol. The normalized spacial score (nSPS) is 11.9. The predicted octanol–water partition coefficient (Wildman–Crippen LogP) is 1.16. The average molecular weight is 268 g/mol. The third kappa shape index (κ3) is 4.42. The summed E-state index contributed by atoms with van der Waals surface area (Å²) in [6.45, 7) is 1.84. The molecule has 106 valence electrons. The van der Waals surface area contributed by atoms with E-state index >= 15 is 0 Å². The van der Waals surface area contributed by atoms with Crippen molar-refractivity contribution in [2.75, 3.05) is 20.8 Å². The number of ether oxygens (including phenoxy) is 2. The summed E-state index contributed by atoms with van der Waals surface area (Å²) in [5, 5.41) is 0. The maximum atomic E-state index is 10.6. The van der Waals surface area contributed by atoms with E-state index in [-0.39, 0.29) is 12.6 Å². The van der Waals surface area contributed by atoms with Gasteiger partial charge in [-0.2, -0.15) is 5.48 Å². The molecule has 0 fully saturated rings. The highest BCUT2D eigenvalue weighted by atomic mass is 16.6. The molecule has 1 aromatic rings. The Kier molecular flexibility index (Phi) is 6.11. The molecule has 0 aliphatic carbocycles. The summed E-state index contributed by atoms with van der Waals surface area (Å²) in [5.41, 5.74) is 8.79.